The molecule has 166 valence electrons. The number of nitrogens with zero attached hydrogens (tertiary/aromatic N) is 4. The third-order valence-corrected chi connectivity index (χ3v) is 7.70. The van der Waals surface area contributed by atoms with E-state index in [2.05, 4.69) is 5.32 Å². The van der Waals surface area contributed by atoms with Gasteiger partial charge in [0.05, 0.1) is 11.5 Å². The highest BCUT2D eigenvalue weighted by molar-refractivity contribution is 7.86. The molecular weight excluding hydrogens is 434 g/mol. The maximum absolute atomic E-state index is 12.9. The molecule has 2 aliphatic rings. The van der Waals surface area contributed by atoms with Crippen molar-refractivity contribution in [3.8, 4) is 0 Å². The molecule has 0 aliphatic carbocycles. The fourth-order valence-corrected chi connectivity index (χ4v) is 5.55. The molecule has 30 heavy (non-hydrogen) atoms. The number of anilines is 1. The first-order valence-electron chi connectivity index (χ1n) is 9.99. The van der Waals surface area contributed by atoms with Crippen molar-refractivity contribution in [1.82, 2.24) is 13.5 Å². The van der Waals surface area contributed by atoms with E-state index < -0.39 is 15.1 Å². The van der Waals surface area contributed by atoms with Crippen LogP contribution in [0.4, 0.5) is 11.4 Å². The summed E-state index contributed by atoms with van der Waals surface area (Å²) < 4.78 is 28.8. The van der Waals surface area contributed by atoms with E-state index in [4.69, 9.17) is 11.6 Å². The largest absolute Gasteiger partial charge is 0.325 e. The van der Waals surface area contributed by atoms with Gasteiger partial charge in [0.25, 0.3) is 15.9 Å². The zero-order valence-electron chi connectivity index (χ0n) is 16.6. The molecule has 2 fully saturated rings. The Hall–Kier alpha value is -1.79. The van der Waals surface area contributed by atoms with E-state index in [1.807, 2.05) is 4.90 Å². The second-order valence-corrected chi connectivity index (χ2v) is 9.80. The van der Waals surface area contributed by atoms with Crippen molar-refractivity contribution in [3.63, 3.8) is 0 Å². The van der Waals surface area contributed by atoms with E-state index in [0.717, 1.165) is 25.7 Å². The molecule has 10 nitrogen and oxygen atoms in total. The molecule has 0 radical (unpaired) electrons. The molecule has 1 amide bonds. The summed E-state index contributed by atoms with van der Waals surface area (Å²) in [5.41, 5.74) is 0.0141. The van der Waals surface area contributed by atoms with Gasteiger partial charge in [-0.15, -0.1) is 0 Å². The third-order valence-electron chi connectivity index (χ3n) is 5.34. The highest BCUT2D eigenvalue weighted by atomic mass is 35.5. The number of carbonyl (C=O) groups is 1. The summed E-state index contributed by atoms with van der Waals surface area (Å²) in [6, 6.07) is 4.08. The summed E-state index contributed by atoms with van der Waals surface area (Å²) >= 11 is 5.78. The predicted molar refractivity (Wildman–Crippen MR) is 114 cm³/mol. The lowest BCUT2D eigenvalue weighted by molar-refractivity contribution is -0.384. The highest BCUT2D eigenvalue weighted by Gasteiger charge is 2.32. The minimum Gasteiger partial charge on any atom is -0.325 e. The van der Waals surface area contributed by atoms with Crippen molar-refractivity contribution < 1.29 is 18.1 Å². The van der Waals surface area contributed by atoms with E-state index in [-0.39, 0.29) is 23.2 Å². The van der Waals surface area contributed by atoms with Gasteiger partial charge in [0.15, 0.2) is 0 Å². The molecule has 2 aliphatic heterocycles. The number of halogens is 1. The molecule has 1 aromatic carbocycles. The summed E-state index contributed by atoms with van der Waals surface area (Å²) in [7, 11) is -3.46. The molecule has 0 saturated carbocycles. The normalized spacial score (nSPS) is 19.9. The summed E-state index contributed by atoms with van der Waals surface area (Å²) in [4.78, 5) is 24.5. The van der Waals surface area contributed by atoms with Gasteiger partial charge in [0.2, 0.25) is 5.91 Å². The molecule has 0 atom stereocenters. The first-order valence-corrected chi connectivity index (χ1v) is 11.8. The Kier molecular flexibility index (Phi) is 7.64. The SMILES string of the molecule is O=C(CN1CCN(S(=O)(=O)N2CCCCCC2)CC1)Nc1ccc(Cl)c([N+](=O)[O-])c1. The van der Waals surface area contributed by atoms with E-state index in [0.29, 0.717) is 45.0 Å². The van der Waals surface area contributed by atoms with Crippen LogP contribution in [-0.4, -0.2) is 78.6 Å². The van der Waals surface area contributed by atoms with Gasteiger partial charge in [0, 0.05) is 51.0 Å². The lowest BCUT2D eigenvalue weighted by atomic mass is 10.2. The lowest BCUT2D eigenvalue weighted by Crippen LogP contribution is -2.54. The number of nitrogens with one attached hydrogen (secondary N) is 1. The number of nitro benzene ring substituents is 1. The molecule has 2 heterocycles. The highest BCUT2D eigenvalue weighted by Crippen LogP contribution is 2.27. The van der Waals surface area contributed by atoms with Gasteiger partial charge < -0.3 is 5.32 Å². The number of hydrogen-bond acceptors (Lipinski definition) is 6. The second kappa shape index (κ2) is 10.0. The van der Waals surface area contributed by atoms with Crippen molar-refractivity contribution in [2.45, 2.75) is 25.7 Å². The van der Waals surface area contributed by atoms with Crippen LogP contribution in [0.15, 0.2) is 18.2 Å². The minimum absolute atomic E-state index is 0.000242. The van der Waals surface area contributed by atoms with Crippen LogP contribution in [0.1, 0.15) is 25.7 Å². The van der Waals surface area contributed by atoms with Gasteiger partial charge in [-0.1, -0.05) is 24.4 Å². The summed E-state index contributed by atoms with van der Waals surface area (Å²) in [6.45, 7) is 2.77. The average molecular weight is 460 g/mol. The Morgan fingerprint density at radius 1 is 1.03 bits per heavy atom. The maximum Gasteiger partial charge on any atom is 0.289 e. The van der Waals surface area contributed by atoms with Crippen molar-refractivity contribution in [3.05, 3.63) is 33.3 Å². The Bertz CT molecular complexity index is 881. The Morgan fingerprint density at radius 2 is 1.63 bits per heavy atom. The zero-order valence-corrected chi connectivity index (χ0v) is 18.2. The van der Waals surface area contributed by atoms with E-state index in [9.17, 15) is 23.3 Å². The molecule has 0 aromatic heterocycles. The van der Waals surface area contributed by atoms with Crippen LogP contribution in [0.5, 0.6) is 0 Å². The van der Waals surface area contributed by atoms with Crippen LogP contribution in [0, 0.1) is 10.1 Å². The van der Waals surface area contributed by atoms with Crippen molar-refractivity contribution in [2.24, 2.45) is 0 Å². The van der Waals surface area contributed by atoms with Gasteiger partial charge in [-0.05, 0) is 25.0 Å². The minimum atomic E-state index is -3.46. The predicted octanol–water partition coefficient (Wildman–Crippen LogP) is 1.93. The third kappa shape index (κ3) is 5.67. The molecule has 0 unspecified atom stereocenters. The quantitative estimate of drug-likeness (QED) is 0.513. The van der Waals surface area contributed by atoms with Crippen LogP contribution < -0.4 is 5.32 Å². The van der Waals surface area contributed by atoms with Gasteiger partial charge in [-0.25, -0.2) is 0 Å². The number of hydrogen-bond donors (Lipinski definition) is 1. The van der Waals surface area contributed by atoms with Crippen LogP contribution in [0.25, 0.3) is 0 Å². The van der Waals surface area contributed by atoms with Crippen LogP contribution in [0.2, 0.25) is 5.02 Å². The number of amides is 1. The standard InChI is InChI=1S/C18H26ClN5O5S/c19-16-6-5-15(13-17(16)24(26)27)20-18(25)14-21-9-11-23(12-10-21)30(28,29)22-7-3-1-2-4-8-22/h5-6,13H,1-4,7-12,14H2,(H,20,25). The topological polar surface area (TPSA) is 116 Å². The van der Waals surface area contributed by atoms with E-state index >= 15 is 0 Å². The summed E-state index contributed by atoms with van der Waals surface area (Å²) in [5, 5.41) is 13.6. The van der Waals surface area contributed by atoms with Gasteiger partial charge in [0.1, 0.15) is 5.02 Å². The molecular formula is C18H26ClN5O5S. The van der Waals surface area contributed by atoms with E-state index in [1.54, 1.807) is 4.31 Å². The van der Waals surface area contributed by atoms with Crippen LogP contribution in [-0.2, 0) is 15.0 Å². The summed E-state index contributed by atoms with van der Waals surface area (Å²) in [6.07, 6.45) is 3.90. The maximum atomic E-state index is 12.9. The number of benzene rings is 1. The van der Waals surface area contributed by atoms with Gasteiger partial charge >= 0.3 is 0 Å². The average Bonchev–Trinajstić information content (AvgIpc) is 3.00. The second-order valence-electron chi connectivity index (χ2n) is 7.47. The number of piperazine rings is 1. The Labute approximate surface area is 181 Å². The molecule has 3 rings (SSSR count). The van der Waals surface area contributed by atoms with Crippen LogP contribution >= 0.6 is 11.6 Å². The first kappa shape index (κ1) is 22.9. The van der Waals surface area contributed by atoms with E-state index in [1.165, 1.54) is 22.5 Å². The van der Waals surface area contributed by atoms with Crippen molar-refractivity contribution >= 4 is 39.1 Å². The number of carbonyl (C=O) groups excluding carboxylic acids is 1. The number of rotatable bonds is 6. The molecule has 0 bridgehead atoms. The Balaban J connectivity index is 1.51. The molecule has 1 aromatic rings. The molecule has 1 N–H and O–H groups in total. The molecule has 2 saturated heterocycles. The fourth-order valence-electron chi connectivity index (χ4n) is 3.69. The van der Waals surface area contributed by atoms with Gasteiger partial charge in [-0.2, -0.15) is 17.0 Å². The fraction of sp³-hybridized carbons (Fsp3) is 0.611. The monoisotopic (exact) mass is 459 g/mol. The Morgan fingerprint density at radius 3 is 2.23 bits per heavy atom. The molecule has 12 heteroatoms. The zero-order chi connectivity index (χ0) is 21.7. The lowest BCUT2D eigenvalue weighted by Gasteiger charge is -2.36. The first-order chi connectivity index (χ1) is 14.3. The summed E-state index contributed by atoms with van der Waals surface area (Å²) in [5.74, 6) is -0.324. The van der Waals surface area contributed by atoms with Crippen molar-refractivity contribution in [1.29, 1.82) is 0 Å². The number of nitro groups is 1. The van der Waals surface area contributed by atoms with Crippen LogP contribution in [0.3, 0.4) is 0 Å². The molecule has 0 spiro atoms. The smallest absolute Gasteiger partial charge is 0.289 e. The van der Waals surface area contributed by atoms with Crippen molar-refractivity contribution in [2.75, 3.05) is 51.1 Å². The van der Waals surface area contributed by atoms with Gasteiger partial charge in [-0.3, -0.25) is 19.8 Å².